The molecule has 27 heavy (non-hydrogen) atoms. The number of hydrogen-bond donors (Lipinski definition) is 2. The van der Waals surface area contributed by atoms with Gasteiger partial charge >= 0.3 is 5.97 Å². The molecule has 5 heteroatoms. The van der Waals surface area contributed by atoms with E-state index >= 15 is 0 Å². The molecule has 3 aromatic carbocycles. The van der Waals surface area contributed by atoms with Gasteiger partial charge in [-0.3, -0.25) is 9.80 Å². The highest BCUT2D eigenvalue weighted by atomic mass is 19.1. The van der Waals surface area contributed by atoms with Crippen molar-refractivity contribution in [1.29, 1.82) is 0 Å². The Morgan fingerprint density at radius 3 is 2.04 bits per heavy atom. The van der Waals surface area contributed by atoms with Gasteiger partial charge in [0.1, 0.15) is 11.7 Å². The summed E-state index contributed by atoms with van der Waals surface area (Å²) in [6, 6.07) is 24.3. The molecular weight excluding hydrogens is 343 g/mol. The second kappa shape index (κ2) is 7.21. The lowest BCUT2D eigenvalue weighted by atomic mass is 9.85. The van der Waals surface area contributed by atoms with Gasteiger partial charge in [-0.05, 0) is 35.4 Å². The van der Waals surface area contributed by atoms with Gasteiger partial charge in [-0.2, -0.15) is 0 Å². The molecule has 0 bridgehead atoms. The highest BCUT2D eigenvalue weighted by molar-refractivity contribution is 5.75. The van der Waals surface area contributed by atoms with Crippen molar-refractivity contribution in [3.8, 4) is 0 Å². The van der Waals surface area contributed by atoms with Gasteiger partial charge in [0, 0.05) is 0 Å². The summed E-state index contributed by atoms with van der Waals surface area (Å²) in [5.74, 6) is -1.98. The van der Waals surface area contributed by atoms with Crippen molar-refractivity contribution in [3.05, 3.63) is 102 Å². The van der Waals surface area contributed by atoms with Gasteiger partial charge < -0.3 is 5.11 Å². The predicted molar refractivity (Wildman–Crippen MR) is 102 cm³/mol. The molecule has 0 amide bonds. The number of hydrazine groups is 1. The number of para-hydroxylation sites is 1. The smallest absolute Gasteiger partial charge is 0.311 e. The van der Waals surface area contributed by atoms with Gasteiger partial charge in [-0.25, -0.2) is 9.82 Å². The molecule has 1 aliphatic heterocycles. The van der Waals surface area contributed by atoms with Gasteiger partial charge in [0.05, 0.1) is 17.8 Å². The Hall–Kier alpha value is -3.18. The third-order valence-electron chi connectivity index (χ3n) is 4.95. The van der Waals surface area contributed by atoms with Crippen LogP contribution in [0.2, 0.25) is 0 Å². The van der Waals surface area contributed by atoms with E-state index in [1.807, 2.05) is 65.7 Å². The van der Waals surface area contributed by atoms with E-state index in [0.717, 1.165) is 16.8 Å². The average molecular weight is 362 g/mol. The third kappa shape index (κ3) is 3.29. The molecule has 136 valence electrons. The first-order valence-electron chi connectivity index (χ1n) is 8.79. The largest absolute Gasteiger partial charge is 0.481 e. The summed E-state index contributed by atoms with van der Waals surface area (Å²) in [5.41, 5.74) is 5.88. The number of aliphatic carboxylic acids is 1. The molecule has 0 aliphatic carbocycles. The van der Waals surface area contributed by atoms with E-state index in [2.05, 4.69) is 5.43 Å². The van der Waals surface area contributed by atoms with E-state index in [0.29, 0.717) is 0 Å². The molecule has 3 aromatic rings. The molecule has 0 saturated carbocycles. The number of halogens is 1. The van der Waals surface area contributed by atoms with Crippen LogP contribution >= 0.6 is 0 Å². The number of rotatable bonds is 4. The lowest BCUT2D eigenvalue weighted by Gasteiger charge is -2.28. The zero-order valence-corrected chi connectivity index (χ0v) is 14.5. The van der Waals surface area contributed by atoms with Crippen LogP contribution in [0.4, 0.5) is 10.1 Å². The summed E-state index contributed by atoms with van der Waals surface area (Å²) in [7, 11) is 0. The summed E-state index contributed by atoms with van der Waals surface area (Å²) in [4.78, 5) is 12.3. The zero-order chi connectivity index (χ0) is 18.8. The maximum atomic E-state index is 13.4. The van der Waals surface area contributed by atoms with E-state index in [1.165, 1.54) is 12.1 Å². The minimum absolute atomic E-state index is 0.344. The molecule has 2 N–H and O–H groups in total. The van der Waals surface area contributed by atoms with E-state index in [-0.39, 0.29) is 5.82 Å². The molecule has 4 nitrogen and oxygen atoms in total. The number of carboxylic acid groups (broad SMARTS) is 1. The summed E-state index contributed by atoms with van der Waals surface area (Å²) in [6.45, 7) is 0. The number of carbonyl (C=O) groups is 1. The molecule has 1 fully saturated rings. The van der Waals surface area contributed by atoms with Crippen molar-refractivity contribution in [2.75, 3.05) is 5.01 Å². The molecule has 0 spiro atoms. The Morgan fingerprint density at radius 2 is 1.44 bits per heavy atom. The van der Waals surface area contributed by atoms with Crippen molar-refractivity contribution in [3.63, 3.8) is 0 Å². The minimum atomic E-state index is -0.899. The Morgan fingerprint density at radius 1 is 0.852 bits per heavy atom. The van der Waals surface area contributed by atoms with Crippen LogP contribution in [0.15, 0.2) is 84.9 Å². The van der Waals surface area contributed by atoms with Gasteiger partial charge in [0.2, 0.25) is 0 Å². The topological polar surface area (TPSA) is 52.6 Å². The van der Waals surface area contributed by atoms with Crippen LogP contribution in [0.1, 0.15) is 23.2 Å². The Balaban J connectivity index is 1.82. The number of nitrogens with one attached hydrogen (secondary N) is 1. The third-order valence-corrected chi connectivity index (χ3v) is 4.95. The fraction of sp³-hybridized carbons (Fsp3) is 0.136. The first-order valence-corrected chi connectivity index (χ1v) is 8.79. The molecule has 0 radical (unpaired) electrons. The number of anilines is 1. The van der Waals surface area contributed by atoms with Gasteiger partial charge in [-0.1, -0.05) is 60.7 Å². The minimum Gasteiger partial charge on any atom is -0.481 e. The fourth-order valence-corrected chi connectivity index (χ4v) is 3.71. The Kier molecular flexibility index (Phi) is 4.60. The molecule has 1 saturated heterocycles. The summed E-state index contributed by atoms with van der Waals surface area (Å²) >= 11 is 0. The predicted octanol–water partition coefficient (Wildman–Crippen LogP) is 4.33. The van der Waals surface area contributed by atoms with E-state index in [4.69, 9.17) is 0 Å². The van der Waals surface area contributed by atoms with Crippen LogP contribution in [0.3, 0.4) is 0 Å². The monoisotopic (exact) mass is 362 g/mol. The van der Waals surface area contributed by atoms with Crippen molar-refractivity contribution >= 4 is 11.7 Å². The lowest BCUT2D eigenvalue weighted by molar-refractivity contribution is -0.142. The Labute approximate surface area is 156 Å². The van der Waals surface area contributed by atoms with Crippen LogP contribution in [0, 0.1) is 11.7 Å². The van der Waals surface area contributed by atoms with Gasteiger partial charge in [-0.15, -0.1) is 0 Å². The zero-order valence-electron chi connectivity index (χ0n) is 14.5. The summed E-state index contributed by atoms with van der Waals surface area (Å²) in [6.07, 6.45) is 0. The van der Waals surface area contributed by atoms with Crippen molar-refractivity contribution in [2.24, 2.45) is 5.92 Å². The Bertz CT molecular complexity index is 916. The van der Waals surface area contributed by atoms with Crippen molar-refractivity contribution in [1.82, 2.24) is 5.43 Å². The highest BCUT2D eigenvalue weighted by Crippen LogP contribution is 2.44. The van der Waals surface area contributed by atoms with E-state index in [9.17, 15) is 14.3 Å². The lowest BCUT2D eigenvalue weighted by Crippen LogP contribution is -2.34. The van der Waals surface area contributed by atoms with Crippen molar-refractivity contribution < 1.29 is 14.3 Å². The summed E-state index contributed by atoms with van der Waals surface area (Å²) in [5, 5.41) is 12.0. The standard InChI is InChI=1S/C22H19FN2O2/c23-17-13-11-15(12-14-17)20-19(22(26)27)21(16-7-3-1-4-8-16)25(24-20)18-9-5-2-6-10-18/h1-14,19-21,24H,(H,26,27). The molecule has 3 atom stereocenters. The number of carboxylic acids is 1. The number of benzene rings is 3. The molecular formula is C22H19FN2O2. The van der Waals surface area contributed by atoms with Crippen LogP contribution < -0.4 is 10.4 Å². The fourth-order valence-electron chi connectivity index (χ4n) is 3.71. The van der Waals surface area contributed by atoms with Gasteiger partial charge in [0.15, 0.2) is 0 Å². The maximum Gasteiger partial charge on any atom is 0.311 e. The second-order valence-electron chi connectivity index (χ2n) is 6.58. The summed E-state index contributed by atoms with van der Waals surface area (Å²) < 4.78 is 13.4. The molecule has 1 aliphatic rings. The molecule has 4 rings (SSSR count). The highest BCUT2D eigenvalue weighted by Gasteiger charge is 2.47. The van der Waals surface area contributed by atoms with E-state index < -0.39 is 24.0 Å². The van der Waals surface area contributed by atoms with Crippen LogP contribution in [-0.2, 0) is 4.79 Å². The van der Waals surface area contributed by atoms with Crippen molar-refractivity contribution in [2.45, 2.75) is 12.1 Å². The first kappa shape index (κ1) is 17.2. The maximum absolute atomic E-state index is 13.4. The van der Waals surface area contributed by atoms with Crippen LogP contribution in [-0.4, -0.2) is 11.1 Å². The normalized spacial score (nSPS) is 22.0. The van der Waals surface area contributed by atoms with Crippen LogP contribution in [0.5, 0.6) is 0 Å². The second-order valence-corrected chi connectivity index (χ2v) is 6.58. The van der Waals surface area contributed by atoms with Crippen LogP contribution in [0.25, 0.3) is 0 Å². The number of hydrogen-bond acceptors (Lipinski definition) is 3. The molecule has 3 unspecified atom stereocenters. The first-order chi connectivity index (χ1) is 13.1. The molecule has 1 heterocycles. The molecule has 0 aromatic heterocycles. The SMILES string of the molecule is O=C(O)C1C(c2ccc(F)cc2)NN(c2ccccc2)C1c1ccccc1. The van der Waals surface area contributed by atoms with Gasteiger partial charge in [0.25, 0.3) is 0 Å². The average Bonchev–Trinajstić information content (AvgIpc) is 3.11. The van der Waals surface area contributed by atoms with E-state index in [1.54, 1.807) is 12.1 Å². The number of nitrogens with zero attached hydrogens (tertiary/aromatic N) is 1. The quantitative estimate of drug-likeness (QED) is 0.725.